The number of hydrogen-bond donors (Lipinski definition) is 0. The summed E-state index contributed by atoms with van der Waals surface area (Å²) in [6.07, 6.45) is 23.9. The maximum absolute atomic E-state index is 12.6. The first-order valence-electron chi connectivity index (χ1n) is 16.2. The highest BCUT2D eigenvalue weighted by molar-refractivity contribution is 5.91. The van der Waals surface area contributed by atoms with E-state index in [9.17, 15) is 4.79 Å². The fraction of sp³-hybridized carbons (Fsp3) is 0.639. The number of rotatable bonds is 19. The van der Waals surface area contributed by atoms with E-state index in [1.807, 2.05) is 24.3 Å². The van der Waals surface area contributed by atoms with E-state index in [0.29, 0.717) is 11.3 Å². The number of aryl methyl sites for hydroxylation is 1. The summed E-state index contributed by atoms with van der Waals surface area (Å²) < 4.78 is 11.5. The number of carbonyl (C=O) groups is 1. The minimum absolute atomic E-state index is 0.326. The zero-order valence-electron chi connectivity index (χ0n) is 24.9. The van der Waals surface area contributed by atoms with Crippen molar-refractivity contribution < 1.29 is 14.3 Å². The van der Waals surface area contributed by atoms with Crippen molar-refractivity contribution in [3.05, 3.63) is 59.7 Å². The molecule has 0 aromatic heterocycles. The van der Waals surface area contributed by atoms with E-state index in [1.165, 1.54) is 108 Å². The fourth-order valence-corrected chi connectivity index (χ4v) is 5.94. The molecule has 1 aliphatic rings. The van der Waals surface area contributed by atoms with Crippen molar-refractivity contribution in [2.45, 2.75) is 129 Å². The van der Waals surface area contributed by atoms with Crippen molar-refractivity contribution in [1.29, 1.82) is 0 Å². The second kappa shape index (κ2) is 18.9. The third-order valence-corrected chi connectivity index (χ3v) is 8.50. The molecule has 3 nitrogen and oxygen atoms in total. The monoisotopic (exact) mass is 534 g/mol. The zero-order valence-corrected chi connectivity index (χ0v) is 24.9. The van der Waals surface area contributed by atoms with Crippen LogP contribution in [0.5, 0.6) is 11.5 Å². The Kier molecular flexibility index (Phi) is 15.1. The Hall–Kier alpha value is -2.29. The van der Waals surface area contributed by atoms with Gasteiger partial charge in [0.25, 0.3) is 0 Å². The first kappa shape index (κ1) is 31.2. The van der Waals surface area contributed by atoms with Crippen LogP contribution in [0.25, 0.3) is 0 Å². The third-order valence-electron chi connectivity index (χ3n) is 8.50. The Morgan fingerprint density at radius 2 is 1.18 bits per heavy atom. The van der Waals surface area contributed by atoms with Gasteiger partial charge in [0.05, 0.1) is 12.2 Å². The SMILES string of the molecule is CCCCCCCCCCCCOc1ccc(C(=O)Oc2ccc(CCC3CCC(CCC)CC3)cc2)cc1. The molecule has 0 saturated heterocycles. The van der Waals surface area contributed by atoms with Gasteiger partial charge in [-0.1, -0.05) is 122 Å². The fourth-order valence-electron chi connectivity index (χ4n) is 5.94. The maximum atomic E-state index is 12.6. The maximum Gasteiger partial charge on any atom is 0.343 e. The minimum atomic E-state index is -0.326. The molecule has 1 saturated carbocycles. The van der Waals surface area contributed by atoms with Crippen LogP contribution in [0.2, 0.25) is 0 Å². The molecule has 216 valence electrons. The van der Waals surface area contributed by atoms with Crippen LogP contribution in [-0.2, 0) is 6.42 Å². The average molecular weight is 535 g/mol. The standard InChI is InChI=1S/C36H54O3/c1-3-5-6-7-8-9-10-11-12-13-29-38-34-27-23-33(24-28-34)36(37)39-35-25-21-32(22-26-35)20-19-31-17-15-30(14-4-2)16-18-31/h21-28,30-31H,3-20,29H2,1-2H3. The average Bonchev–Trinajstić information content (AvgIpc) is 2.97. The Balaban J connectivity index is 1.27. The van der Waals surface area contributed by atoms with E-state index in [2.05, 4.69) is 26.0 Å². The Morgan fingerprint density at radius 3 is 1.77 bits per heavy atom. The predicted octanol–water partition coefficient (Wildman–Crippen LogP) is 10.7. The van der Waals surface area contributed by atoms with Crippen molar-refractivity contribution in [2.75, 3.05) is 6.61 Å². The molecule has 0 heterocycles. The highest BCUT2D eigenvalue weighted by Gasteiger charge is 2.20. The van der Waals surface area contributed by atoms with Crippen LogP contribution in [0.3, 0.4) is 0 Å². The molecule has 2 aromatic carbocycles. The highest BCUT2D eigenvalue weighted by Crippen LogP contribution is 2.34. The third kappa shape index (κ3) is 12.6. The molecule has 0 N–H and O–H groups in total. The van der Waals surface area contributed by atoms with E-state index >= 15 is 0 Å². The zero-order chi connectivity index (χ0) is 27.5. The lowest BCUT2D eigenvalue weighted by molar-refractivity contribution is 0.0734. The summed E-state index contributed by atoms with van der Waals surface area (Å²) in [5.74, 6) is 2.93. The van der Waals surface area contributed by atoms with Gasteiger partial charge in [-0.3, -0.25) is 0 Å². The molecule has 1 aliphatic carbocycles. The van der Waals surface area contributed by atoms with Crippen LogP contribution in [0.15, 0.2) is 48.5 Å². The molecule has 0 amide bonds. The van der Waals surface area contributed by atoms with Gasteiger partial charge in [-0.15, -0.1) is 0 Å². The molecule has 1 fully saturated rings. The van der Waals surface area contributed by atoms with E-state index in [-0.39, 0.29) is 5.97 Å². The Labute approximate surface area is 239 Å². The second-order valence-electron chi connectivity index (χ2n) is 11.8. The highest BCUT2D eigenvalue weighted by atomic mass is 16.5. The van der Waals surface area contributed by atoms with Crippen molar-refractivity contribution in [3.8, 4) is 11.5 Å². The topological polar surface area (TPSA) is 35.5 Å². The van der Waals surface area contributed by atoms with E-state index in [4.69, 9.17) is 9.47 Å². The van der Waals surface area contributed by atoms with Crippen LogP contribution in [0, 0.1) is 11.8 Å². The minimum Gasteiger partial charge on any atom is -0.494 e. The lowest BCUT2D eigenvalue weighted by Crippen LogP contribution is -2.15. The number of carbonyl (C=O) groups excluding carboxylic acids is 1. The van der Waals surface area contributed by atoms with Gasteiger partial charge in [0, 0.05) is 0 Å². The molecule has 0 spiro atoms. The number of ether oxygens (including phenoxy) is 2. The van der Waals surface area contributed by atoms with Crippen LogP contribution in [0.1, 0.15) is 139 Å². The summed E-state index contributed by atoms with van der Waals surface area (Å²) in [6, 6.07) is 15.4. The van der Waals surface area contributed by atoms with Crippen LogP contribution < -0.4 is 9.47 Å². The van der Waals surface area contributed by atoms with E-state index in [0.717, 1.165) is 37.0 Å². The van der Waals surface area contributed by atoms with E-state index < -0.39 is 0 Å². The molecular formula is C36H54O3. The predicted molar refractivity (Wildman–Crippen MR) is 164 cm³/mol. The molecule has 3 heteroatoms. The van der Waals surface area contributed by atoms with Gasteiger partial charge in [-0.2, -0.15) is 0 Å². The van der Waals surface area contributed by atoms with Gasteiger partial charge in [-0.25, -0.2) is 4.79 Å². The van der Waals surface area contributed by atoms with Crippen LogP contribution in [-0.4, -0.2) is 12.6 Å². The summed E-state index contributed by atoms with van der Waals surface area (Å²) in [4.78, 5) is 12.6. The van der Waals surface area contributed by atoms with Crippen LogP contribution >= 0.6 is 0 Å². The number of hydrogen-bond acceptors (Lipinski definition) is 3. The van der Waals surface area contributed by atoms with Gasteiger partial charge in [-0.05, 0) is 73.1 Å². The van der Waals surface area contributed by atoms with Crippen molar-refractivity contribution in [1.82, 2.24) is 0 Å². The summed E-state index contributed by atoms with van der Waals surface area (Å²) >= 11 is 0. The second-order valence-corrected chi connectivity index (χ2v) is 11.8. The summed E-state index contributed by atoms with van der Waals surface area (Å²) in [5, 5.41) is 0. The number of esters is 1. The van der Waals surface area contributed by atoms with Crippen molar-refractivity contribution >= 4 is 5.97 Å². The number of benzene rings is 2. The molecule has 0 radical (unpaired) electrons. The first-order chi connectivity index (χ1) is 19.2. The lowest BCUT2D eigenvalue weighted by atomic mass is 9.78. The largest absolute Gasteiger partial charge is 0.494 e. The summed E-state index contributed by atoms with van der Waals surface area (Å²) in [7, 11) is 0. The van der Waals surface area contributed by atoms with Gasteiger partial charge in [0.2, 0.25) is 0 Å². The van der Waals surface area contributed by atoms with Gasteiger partial charge < -0.3 is 9.47 Å². The first-order valence-corrected chi connectivity index (χ1v) is 16.2. The molecule has 0 atom stereocenters. The molecular weight excluding hydrogens is 480 g/mol. The smallest absolute Gasteiger partial charge is 0.343 e. The number of unbranched alkanes of at least 4 members (excludes halogenated alkanes) is 9. The quantitative estimate of drug-likeness (QED) is 0.102. The van der Waals surface area contributed by atoms with Crippen molar-refractivity contribution in [3.63, 3.8) is 0 Å². The molecule has 0 aliphatic heterocycles. The van der Waals surface area contributed by atoms with Gasteiger partial charge in [0.15, 0.2) is 0 Å². The molecule has 3 rings (SSSR count). The van der Waals surface area contributed by atoms with Crippen molar-refractivity contribution in [2.24, 2.45) is 11.8 Å². The molecule has 2 aromatic rings. The summed E-state index contributed by atoms with van der Waals surface area (Å²) in [6.45, 7) is 5.30. The normalized spacial score (nSPS) is 17.2. The summed E-state index contributed by atoms with van der Waals surface area (Å²) in [5.41, 5.74) is 1.87. The Morgan fingerprint density at radius 1 is 0.641 bits per heavy atom. The lowest BCUT2D eigenvalue weighted by Gasteiger charge is -2.28. The molecule has 39 heavy (non-hydrogen) atoms. The van der Waals surface area contributed by atoms with Crippen LogP contribution in [0.4, 0.5) is 0 Å². The Bertz CT molecular complexity index is 894. The van der Waals surface area contributed by atoms with Gasteiger partial charge in [0.1, 0.15) is 11.5 Å². The molecule has 0 unspecified atom stereocenters. The van der Waals surface area contributed by atoms with E-state index in [1.54, 1.807) is 12.1 Å². The molecule has 0 bridgehead atoms. The van der Waals surface area contributed by atoms with Gasteiger partial charge >= 0.3 is 5.97 Å².